The predicted octanol–water partition coefficient (Wildman–Crippen LogP) is 4.04. The summed E-state index contributed by atoms with van der Waals surface area (Å²) in [5.41, 5.74) is 0. The predicted molar refractivity (Wildman–Crippen MR) is 84.9 cm³/mol. The van der Waals surface area contributed by atoms with E-state index in [0.717, 1.165) is 25.7 Å². The summed E-state index contributed by atoms with van der Waals surface area (Å²) in [7, 11) is 0. The van der Waals surface area contributed by atoms with Crippen molar-refractivity contribution in [2.45, 2.75) is 39.5 Å². The summed E-state index contributed by atoms with van der Waals surface area (Å²) >= 11 is 16.7. The van der Waals surface area contributed by atoms with Crippen LogP contribution in [0.2, 0.25) is 0 Å². The molecule has 6 heteroatoms. The summed E-state index contributed by atoms with van der Waals surface area (Å²) in [6.45, 7) is 5.62. The molecule has 0 fully saturated rings. The lowest BCUT2D eigenvalue weighted by Gasteiger charge is -1.98. The van der Waals surface area contributed by atoms with Gasteiger partial charge >= 0.3 is 0 Å². The van der Waals surface area contributed by atoms with Gasteiger partial charge in [0.1, 0.15) is 0 Å². The van der Waals surface area contributed by atoms with Crippen molar-refractivity contribution in [2.24, 2.45) is 0 Å². The number of ether oxygens (including phenoxy) is 2. The highest BCUT2D eigenvalue weighted by atomic mass is 32.1. The molecule has 0 aromatic heterocycles. The topological polar surface area (TPSA) is 18.5 Å². The van der Waals surface area contributed by atoms with Crippen molar-refractivity contribution in [1.82, 2.24) is 0 Å². The zero-order chi connectivity index (χ0) is 12.8. The molecular formula is C10H20O2S4. The van der Waals surface area contributed by atoms with Gasteiger partial charge in [0.25, 0.3) is 0 Å². The normalized spacial score (nSPS) is 8.75. The molecular weight excluding hydrogens is 280 g/mol. The fourth-order valence-electron chi connectivity index (χ4n) is 0.608. The minimum atomic E-state index is 0.346. The van der Waals surface area contributed by atoms with Gasteiger partial charge in [-0.15, -0.1) is 0 Å². The third-order valence-corrected chi connectivity index (χ3v) is 1.94. The van der Waals surface area contributed by atoms with Crippen LogP contribution in [0.5, 0.6) is 0 Å². The number of thiocarbonyl (C=S) groups is 2. The first-order valence-corrected chi connectivity index (χ1v) is 6.97. The summed E-state index contributed by atoms with van der Waals surface area (Å²) in [4.78, 5) is 0. The fourth-order valence-corrected chi connectivity index (χ4v) is 0.957. The zero-order valence-corrected chi connectivity index (χ0v) is 13.2. The first-order chi connectivity index (χ1) is 7.54. The number of unbranched alkanes of at least 4 members (excludes halogenated alkanes) is 2. The number of hydrogen-bond donors (Lipinski definition) is 2. The van der Waals surface area contributed by atoms with E-state index in [-0.39, 0.29) is 0 Å². The molecule has 0 aromatic carbocycles. The third-order valence-electron chi connectivity index (χ3n) is 1.45. The van der Waals surface area contributed by atoms with Gasteiger partial charge in [-0.2, -0.15) is 0 Å². The summed E-state index contributed by atoms with van der Waals surface area (Å²) in [5.74, 6) is 0. The maximum absolute atomic E-state index is 4.88. The molecule has 16 heavy (non-hydrogen) atoms. The van der Waals surface area contributed by atoms with Gasteiger partial charge in [0.15, 0.2) is 0 Å². The molecule has 0 saturated carbocycles. The van der Waals surface area contributed by atoms with E-state index < -0.39 is 0 Å². The minimum Gasteiger partial charge on any atom is -0.479 e. The average molecular weight is 301 g/mol. The second-order valence-electron chi connectivity index (χ2n) is 2.94. The molecule has 0 aliphatic rings. The van der Waals surface area contributed by atoms with Crippen LogP contribution in [-0.2, 0) is 9.47 Å². The molecule has 0 bridgehead atoms. The fraction of sp³-hybridized carbons (Fsp3) is 0.800. The average Bonchev–Trinajstić information content (AvgIpc) is 2.18. The van der Waals surface area contributed by atoms with Crippen molar-refractivity contribution < 1.29 is 9.47 Å². The Bertz CT molecular complexity index is 166. The minimum absolute atomic E-state index is 0.346. The number of hydrogen-bond acceptors (Lipinski definition) is 4. The van der Waals surface area contributed by atoms with Gasteiger partial charge in [-0.05, 0) is 37.3 Å². The summed E-state index contributed by atoms with van der Waals surface area (Å²) in [6.07, 6.45) is 4.38. The Balaban J connectivity index is 0. The van der Waals surface area contributed by atoms with E-state index in [0.29, 0.717) is 22.0 Å². The summed E-state index contributed by atoms with van der Waals surface area (Å²) < 4.78 is 10.4. The van der Waals surface area contributed by atoms with E-state index in [1.165, 1.54) is 0 Å². The maximum atomic E-state index is 4.88. The van der Waals surface area contributed by atoms with Crippen LogP contribution in [0.3, 0.4) is 0 Å². The molecule has 0 N–H and O–H groups in total. The van der Waals surface area contributed by atoms with Crippen molar-refractivity contribution in [2.75, 3.05) is 13.2 Å². The van der Waals surface area contributed by atoms with Crippen LogP contribution < -0.4 is 0 Å². The zero-order valence-electron chi connectivity index (χ0n) is 9.77. The van der Waals surface area contributed by atoms with Crippen LogP contribution in [-0.4, -0.2) is 22.0 Å². The van der Waals surface area contributed by atoms with Crippen LogP contribution in [0.25, 0.3) is 0 Å². The molecule has 0 heterocycles. The van der Waals surface area contributed by atoms with E-state index in [1.807, 2.05) is 0 Å². The Morgan fingerprint density at radius 3 is 1.38 bits per heavy atom. The van der Waals surface area contributed by atoms with Gasteiger partial charge < -0.3 is 9.47 Å². The molecule has 0 rings (SSSR count). The first kappa shape index (κ1) is 18.8. The monoisotopic (exact) mass is 300 g/mol. The lowest BCUT2D eigenvalue weighted by Crippen LogP contribution is -1.94. The molecule has 0 unspecified atom stereocenters. The molecule has 0 aliphatic heterocycles. The van der Waals surface area contributed by atoms with Gasteiger partial charge in [0.05, 0.1) is 13.2 Å². The second-order valence-corrected chi connectivity index (χ2v) is 5.09. The van der Waals surface area contributed by atoms with Crippen molar-refractivity contribution in [1.29, 1.82) is 0 Å². The van der Waals surface area contributed by atoms with Gasteiger partial charge in [-0.25, -0.2) is 0 Å². The highest BCUT2D eigenvalue weighted by molar-refractivity contribution is 8.10. The van der Waals surface area contributed by atoms with E-state index in [2.05, 4.69) is 63.5 Å². The molecule has 0 radical (unpaired) electrons. The SMILES string of the molecule is CCCCOC(=S)S.CCCCOC(=S)S. The van der Waals surface area contributed by atoms with E-state index in [4.69, 9.17) is 9.47 Å². The van der Waals surface area contributed by atoms with Crippen LogP contribution >= 0.6 is 49.7 Å². The quantitative estimate of drug-likeness (QED) is 0.438. The number of thiol groups is 2. The van der Waals surface area contributed by atoms with Crippen LogP contribution in [0.15, 0.2) is 0 Å². The first-order valence-electron chi connectivity index (χ1n) is 5.26. The molecule has 0 aliphatic carbocycles. The van der Waals surface area contributed by atoms with Crippen molar-refractivity contribution in [3.8, 4) is 0 Å². The molecule has 0 aromatic rings. The molecule has 96 valence electrons. The lowest BCUT2D eigenvalue weighted by atomic mass is 10.4. The Morgan fingerprint density at radius 1 is 0.875 bits per heavy atom. The molecule has 0 saturated heterocycles. The number of rotatable bonds is 6. The smallest absolute Gasteiger partial charge is 0.216 e. The second kappa shape index (κ2) is 15.5. The standard InChI is InChI=1S/2C5H10OS2/c2*1-2-3-4-6-5(7)8/h2*2-4H2,1H3,(H,7,8). The Labute approximate surface area is 120 Å². The lowest BCUT2D eigenvalue weighted by molar-refractivity contribution is 0.313. The van der Waals surface area contributed by atoms with Gasteiger partial charge in [0, 0.05) is 0 Å². The highest BCUT2D eigenvalue weighted by Gasteiger charge is 1.86. The van der Waals surface area contributed by atoms with E-state index >= 15 is 0 Å². The van der Waals surface area contributed by atoms with Crippen molar-refractivity contribution in [3.63, 3.8) is 0 Å². The van der Waals surface area contributed by atoms with Crippen molar-refractivity contribution >= 4 is 58.5 Å². The molecule has 0 amide bonds. The highest BCUT2D eigenvalue weighted by Crippen LogP contribution is 1.92. The third kappa shape index (κ3) is 24.0. The van der Waals surface area contributed by atoms with Gasteiger partial charge in [-0.3, -0.25) is 0 Å². The van der Waals surface area contributed by atoms with Crippen molar-refractivity contribution in [3.05, 3.63) is 0 Å². The largest absolute Gasteiger partial charge is 0.479 e. The van der Waals surface area contributed by atoms with Gasteiger partial charge in [-0.1, -0.05) is 51.9 Å². The van der Waals surface area contributed by atoms with Crippen LogP contribution in [0, 0.1) is 0 Å². The Kier molecular flexibility index (Phi) is 18.2. The summed E-state index contributed by atoms with van der Waals surface area (Å²) in [5, 5.41) is 0. The molecule has 0 spiro atoms. The maximum Gasteiger partial charge on any atom is 0.216 e. The Morgan fingerprint density at radius 2 is 1.19 bits per heavy atom. The molecule has 0 atom stereocenters. The Hall–Kier alpha value is 0.480. The van der Waals surface area contributed by atoms with Crippen LogP contribution in [0.1, 0.15) is 39.5 Å². The van der Waals surface area contributed by atoms with Gasteiger partial charge in [0.2, 0.25) is 8.77 Å². The van der Waals surface area contributed by atoms with Crippen LogP contribution in [0.4, 0.5) is 0 Å². The van der Waals surface area contributed by atoms with E-state index in [1.54, 1.807) is 0 Å². The summed E-state index contributed by atoms with van der Waals surface area (Å²) in [6, 6.07) is 0. The molecule has 2 nitrogen and oxygen atoms in total. The van der Waals surface area contributed by atoms with E-state index in [9.17, 15) is 0 Å².